The number of nitrogens with one attached hydrogen (secondary N) is 1. The summed E-state index contributed by atoms with van der Waals surface area (Å²) in [5, 5.41) is 3.03. The van der Waals surface area contributed by atoms with Crippen LogP contribution in [0.25, 0.3) is 0 Å². The van der Waals surface area contributed by atoms with Gasteiger partial charge in [0.15, 0.2) is 0 Å². The molecule has 1 aliphatic rings. The minimum atomic E-state index is -3.51. The maximum Gasteiger partial charge on any atom is 0.243 e. The minimum Gasteiger partial charge on any atom is -0.340 e. The molecule has 0 unspecified atom stereocenters. The van der Waals surface area contributed by atoms with Gasteiger partial charge in [0.2, 0.25) is 15.9 Å². The molecule has 1 N–H and O–H groups in total. The largest absolute Gasteiger partial charge is 0.340 e. The monoisotopic (exact) mass is 417 g/mol. The number of hydrogen-bond donors (Lipinski definition) is 1. The summed E-state index contributed by atoms with van der Waals surface area (Å²) in [6, 6.07) is 7.14. The zero-order valence-corrected chi connectivity index (χ0v) is 18.3. The first kappa shape index (κ1) is 23.9. The summed E-state index contributed by atoms with van der Waals surface area (Å²) in [5.74, 6) is 0.104. The first-order valence-electron chi connectivity index (χ1n) is 9.19. The van der Waals surface area contributed by atoms with Crippen molar-refractivity contribution in [3.05, 3.63) is 29.8 Å². The molecule has 0 aliphatic carbocycles. The highest BCUT2D eigenvalue weighted by Gasteiger charge is 2.30. The van der Waals surface area contributed by atoms with Crippen LogP contribution in [0.5, 0.6) is 0 Å². The van der Waals surface area contributed by atoms with Crippen molar-refractivity contribution in [2.45, 2.75) is 43.9 Å². The summed E-state index contributed by atoms with van der Waals surface area (Å²) < 4.78 is 27.2. The summed E-state index contributed by atoms with van der Waals surface area (Å²) in [5.41, 5.74) is 1.09. The number of hydrogen-bond acceptors (Lipinski definition) is 4. The van der Waals surface area contributed by atoms with Crippen LogP contribution in [-0.2, 0) is 20.2 Å². The first-order valence-corrected chi connectivity index (χ1v) is 10.6. The zero-order valence-electron chi connectivity index (χ0n) is 16.7. The van der Waals surface area contributed by atoms with Crippen LogP contribution in [0.2, 0.25) is 0 Å². The van der Waals surface area contributed by atoms with Gasteiger partial charge in [0.25, 0.3) is 0 Å². The minimum absolute atomic E-state index is 0. The number of carbonyl (C=O) groups excluding carboxylic acids is 1. The molecule has 1 saturated heterocycles. The zero-order chi connectivity index (χ0) is 19.4. The molecular weight excluding hydrogens is 386 g/mol. The molecule has 0 atom stereocenters. The lowest BCUT2D eigenvalue weighted by Gasteiger charge is -2.34. The van der Waals surface area contributed by atoms with Crippen molar-refractivity contribution in [3.8, 4) is 0 Å². The topological polar surface area (TPSA) is 69.7 Å². The van der Waals surface area contributed by atoms with Crippen LogP contribution in [0, 0.1) is 0 Å². The second-order valence-corrected chi connectivity index (χ2v) is 9.70. The van der Waals surface area contributed by atoms with Gasteiger partial charge in [-0.05, 0) is 43.1 Å². The Morgan fingerprint density at radius 3 is 2.11 bits per heavy atom. The van der Waals surface area contributed by atoms with Gasteiger partial charge in [-0.2, -0.15) is 4.31 Å². The lowest BCUT2D eigenvalue weighted by molar-refractivity contribution is -0.132. The van der Waals surface area contributed by atoms with Crippen molar-refractivity contribution in [2.75, 3.05) is 39.8 Å². The van der Waals surface area contributed by atoms with Gasteiger partial charge in [-0.15, -0.1) is 12.4 Å². The molecule has 1 heterocycles. The summed E-state index contributed by atoms with van der Waals surface area (Å²) >= 11 is 0. The Morgan fingerprint density at radius 1 is 1.07 bits per heavy atom. The molecule has 0 radical (unpaired) electrons. The Balaban J connectivity index is 0.00000364. The molecule has 1 fully saturated rings. The van der Waals surface area contributed by atoms with Gasteiger partial charge in [-0.3, -0.25) is 4.79 Å². The Morgan fingerprint density at radius 2 is 1.63 bits per heavy atom. The fourth-order valence-corrected chi connectivity index (χ4v) is 4.45. The molecule has 154 valence electrons. The predicted molar refractivity (Wildman–Crippen MR) is 111 cm³/mol. The number of piperazine rings is 1. The van der Waals surface area contributed by atoms with Gasteiger partial charge in [0.1, 0.15) is 0 Å². The van der Waals surface area contributed by atoms with E-state index < -0.39 is 10.0 Å². The molecular formula is C19H32ClN3O3S. The van der Waals surface area contributed by atoms with Crippen LogP contribution in [0.1, 0.15) is 39.2 Å². The van der Waals surface area contributed by atoms with Crippen molar-refractivity contribution in [3.63, 3.8) is 0 Å². The average Bonchev–Trinajstić information content (AvgIpc) is 2.61. The average molecular weight is 418 g/mol. The molecule has 1 aromatic carbocycles. The SMILES string of the molecule is CNCCCC(=O)N1CCN(S(=O)(=O)c2ccc(C(C)(C)C)cc2)CC1.Cl. The van der Waals surface area contributed by atoms with Gasteiger partial charge >= 0.3 is 0 Å². The van der Waals surface area contributed by atoms with E-state index in [1.54, 1.807) is 17.0 Å². The van der Waals surface area contributed by atoms with E-state index in [1.165, 1.54) is 4.31 Å². The van der Waals surface area contributed by atoms with Crippen LogP contribution in [-0.4, -0.2) is 63.3 Å². The summed E-state index contributed by atoms with van der Waals surface area (Å²) in [6.07, 6.45) is 1.30. The van der Waals surface area contributed by atoms with E-state index in [2.05, 4.69) is 26.1 Å². The van der Waals surface area contributed by atoms with E-state index in [0.29, 0.717) is 37.5 Å². The highest BCUT2D eigenvalue weighted by molar-refractivity contribution is 7.89. The summed E-state index contributed by atoms with van der Waals surface area (Å²) in [6.45, 7) is 8.72. The normalized spacial score (nSPS) is 16.1. The number of rotatable bonds is 6. The second kappa shape index (κ2) is 9.87. The lowest BCUT2D eigenvalue weighted by Crippen LogP contribution is -2.50. The van der Waals surface area contributed by atoms with Gasteiger partial charge in [-0.1, -0.05) is 32.9 Å². The van der Waals surface area contributed by atoms with Gasteiger partial charge in [0.05, 0.1) is 4.90 Å². The third kappa shape index (κ3) is 6.17. The molecule has 27 heavy (non-hydrogen) atoms. The molecule has 1 aromatic rings. The van der Waals surface area contributed by atoms with Crippen molar-refractivity contribution in [1.29, 1.82) is 0 Å². The second-order valence-electron chi connectivity index (χ2n) is 7.77. The van der Waals surface area contributed by atoms with Crippen LogP contribution in [0.3, 0.4) is 0 Å². The van der Waals surface area contributed by atoms with E-state index in [1.807, 2.05) is 19.2 Å². The van der Waals surface area contributed by atoms with Crippen molar-refractivity contribution >= 4 is 28.3 Å². The molecule has 0 bridgehead atoms. The lowest BCUT2D eigenvalue weighted by atomic mass is 9.87. The number of sulfonamides is 1. The van der Waals surface area contributed by atoms with E-state index >= 15 is 0 Å². The Bertz CT molecular complexity index is 707. The number of carbonyl (C=O) groups is 1. The van der Waals surface area contributed by atoms with Crippen LogP contribution in [0.4, 0.5) is 0 Å². The van der Waals surface area contributed by atoms with E-state index in [0.717, 1.165) is 18.5 Å². The van der Waals surface area contributed by atoms with Gasteiger partial charge in [0, 0.05) is 32.6 Å². The fourth-order valence-electron chi connectivity index (χ4n) is 3.03. The Hall–Kier alpha value is -1.15. The number of benzene rings is 1. The van der Waals surface area contributed by atoms with E-state index in [4.69, 9.17) is 0 Å². The van der Waals surface area contributed by atoms with Crippen molar-refractivity contribution < 1.29 is 13.2 Å². The van der Waals surface area contributed by atoms with Crippen molar-refractivity contribution in [2.24, 2.45) is 0 Å². The maximum atomic E-state index is 12.8. The fraction of sp³-hybridized carbons (Fsp3) is 0.632. The highest BCUT2D eigenvalue weighted by atomic mass is 35.5. The number of halogens is 1. The highest BCUT2D eigenvalue weighted by Crippen LogP contribution is 2.25. The third-order valence-corrected chi connectivity index (χ3v) is 6.68. The van der Waals surface area contributed by atoms with Gasteiger partial charge < -0.3 is 10.2 Å². The summed E-state index contributed by atoms with van der Waals surface area (Å²) in [4.78, 5) is 14.2. The molecule has 1 amide bonds. The first-order chi connectivity index (χ1) is 12.2. The van der Waals surface area contributed by atoms with Gasteiger partial charge in [-0.25, -0.2) is 8.42 Å². The summed E-state index contributed by atoms with van der Waals surface area (Å²) in [7, 11) is -1.65. The van der Waals surface area contributed by atoms with Crippen LogP contribution < -0.4 is 5.32 Å². The van der Waals surface area contributed by atoms with Crippen LogP contribution >= 0.6 is 12.4 Å². The molecule has 8 heteroatoms. The molecule has 1 aliphatic heterocycles. The Labute approximate surface area is 169 Å². The Kier molecular flexibility index (Phi) is 8.73. The van der Waals surface area contributed by atoms with E-state index in [-0.39, 0.29) is 23.7 Å². The molecule has 2 rings (SSSR count). The smallest absolute Gasteiger partial charge is 0.243 e. The molecule has 6 nitrogen and oxygen atoms in total. The molecule has 0 spiro atoms. The van der Waals surface area contributed by atoms with E-state index in [9.17, 15) is 13.2 Å². The standard InChI is InChI=1S/C19H31N3O3S.ClH/c1-19(2,3)16-7-9-17(10-8-16)26(24,25)22-14-12-21(13-15-22)18(23)6-5-11-20-4;/h7-10,20H,5-6,11-15H2,1-4H3;1H. The third-order valence-electron chi connectivity index (χ3n) is 4.77. The van der Waals surface area contributed by atoms with Crippen molar-refractivity contribution in [1.82, 2.24) is 14.5 Å². The number of nitrogens with zero attached hydrogens (tertiary/aromatic N) is 2. The van der Waals surface area contributed by atoms with Crippen LogP contribution in [0.15, 0.2) is 29.2 Å². The molecule has 0 aromatic heterocycles. The predicted octanol–water partition coefficient (Wildman–Crippen LogP) is 2.24. The number of amides is 1. The molecule has 0 saturated carbocycles. The maximum absolute atomic E-state index is 12.8. The quantitative estimate of drug-likeness (QED) is 0.720.